The van der Waals surface area contributed by atoms with E-state index in [2.05, 4.69) is 22.0 Å². The second kappa shape index (κ2) is 8.88. The third-order valence-electron chi connectivity index (χ3n) is 6.78. The van der Waals surface area contributed by atoms with Gasteiger partial charge >= 0.3 is 0 Å². The van der Waals surface area contributed by atoms with Crippen LogP contribution in [-0.4, -0.2) is 34.1 Å². The lowest BCUT2D eigenvalue weighted by Crippen LogP contribution is -2.31. The van der Waals surface area contributed by atoms with E-state index in [1.807, 2.05) is 18.3 Å². The predicted octanol–water partition coefficient (Wildman–Crippen LogP) is 4.77. The Balaban J connectivity index is 1.33. The lowest BCUT2D eigenvalue weighted by molar-refractivity contribution is -0.124. The number of aryl methyl sites for hydroxylation is 1. The molecule has 2 aromatic carbocycles. The molecule has 1 fully saturated rings. The molecule has 6 heteroatoms. The number of rotatable bonds is 8. The van der Waals surface area contributed by atoms with Gasteiger partial charge in [0.25, 0.3) is 5.91 Å². The number of nitrogens with zero attached hydrogens (tertiary/aromatic N) is 1. The number of amides is 1. The van der Waals surface area contributed by atoms with Crippen LogP contribution in [0.2, 0.25) is 0 Å². The van der Waals surface area contributed by atoms with Crippen molar-refractivity contribution in [2.75, 3.05) is 13.1 Å². The average molecular weight is 434 g/mol. The third-order valence-corrected chi connectivity index (χ3v) is 6.78. The molecule has 5 rings (SSSR count). The zero-order valence-corrected chi connectivity index (χ0v) is 18.0. The predicted molar refractivity (Wildman–Crippen MR) is 123 cm³/mol. The van der Waals surface area contributed by atoms with Crippen LogP contribution in [0.3, 0.4) is 0 Å². The van der Waals surface area contributed by atoms with Crippen LogP contribution >= 0.6 is 0 Å². The molecule has 2 aliphatic carbocycles. The third kappa shape index (κ3) is 4.47. The van der Waals surface area contributed by atoms with Crippen LogP contribution in [0.1, 0.15) is 47.6 Å². The van der Waals surface area contributed by atoms with E-state index in [-0.39, 0.29) is 5.82 Å². The number of carbonyl (C=O) groups excluding carboxylic acids is 1. The van der Waals surface area contributed by atoms with Crippen LogP contribution in [-0.2, 0) is 17.6 Å². The van der Waals surface area contributed by atoms with Crippen molar-refractivity contribution in [3.8, 4) is 0 Å². The van der Waals surface area contributed by atoms with Crippen molar-refractivity contribution in [1.29, 1.82) is 0 Å². The number of H-pyrrole nitrogens is 1. The minimum atomic E-state index is -0.529. The Morgan fingerprint density at radius 3 is 2.91 bits per heavy atom. The average Bonchev–Trinajstić information content (AvgIpc) is 3.39. The van der Waals surface area contributed by atoms with Gasteiger partial charge in [-0.15, -0.1) is 0 Å². The van der Waals surface area contributed by atoms with E-state index < -0.39 is 5.91 Å². The first-order valence-corrected chi connectivity index (χ1v) is 11.4. The topological polar surface area (TPSA) is 68.4 Å². The highest BCUT2D eigenvalue weighted by Crippen LogP contribution is 2.40. The van der Waals surface area contributed by atoms with Crippen molar-refractivity contribution in [3.63, 3.8) is 0 Å². The smallest absolute Gasteiger partial charge is 0.267 e. The van der Waals surface area contributed by atoms with Crippen molar-refractivity contribution in [3.05, 3.63) is 76.7 Å². The molecule has 166 valence electrons. The highest BCUT2D eigenvalue weighted by atomic mass is 19.1. The van der Waals surface area contributed by atoms with E-state index in [0.29, 0.717) is 6.04 Å². The van der Waals surface area contributed by atoms with E-state index in [4.69, 9.17) is 5.21 Å². The molecule has 32 heavy (non-hydrogen) atoms. The Morgan fingerprint density at radius 1 is 1.22 bits per heavy atom. The first kappa shape index (κ1) is 20.9. The molecule has 5 nitrogen and oxygen atoms in total. The standard InChI is InChI=1S/C26H28FN3O2/c27-21-6-8-22-20(15-28-24(22)14-21)11-12-30(16-18-1-2-18)25-9-5-19-13-17(3-7-23(19)25)4-10-26(31)29-32/h3-4,6-8,10,13-15,18,25,28,32H,1-2,5,9,11-12,16H2,(H,29,31)/b10-4+. The first-order chi connectivity index (χ1) is 15.6. The molecule has 0 bridgehead atoms. The molecule has 0 radical (unpaired) electrons. The molecule has 0 aliphatic heterocycles. The molecule has 1 aromatic heterocycles. The van der Waals surface area contributed by atoms with Crippen LogP contribution in [0.4, 0.5) is 4.39 Å². The SMILES string of the molecule is O=C(/C=C/c1ccc2c(c1)CCC2N(CCc1c[nH]c2cc(F)ccc12)CC1CC1)NO. The molecule has 1 atom stereocenters. The molecule has 0 saturated heterocycles. The van der Waals surface area contributed by atoms with Gasteiger partial charge < -0.3 is 4.98 Å². The molecule has 2 aliphatic rings. The number of hydrogen-bond acceptors (Lipinski definition) is 3. The van der Waals surface area contributed by atoms with Gasteiger partial charge in [-0.25, -0.2) is 9.87 Å². The van der Waals surface area contributed by atoms with E-state index in [0.717, 1.165) is 54.7 Å². The maximum absolute atomic E-state index is 13.5. The molecule has 1 amide bonds. The molecule has 0 spiro atoms. The van der Waals surface area contributed by atoms with E-state index >= 15 is 0 Å². The molecular weight excluding hydrogens is 405 g/mol. The Hall–Kier alpha value is -2.96. The van der Waals surface area contributed by atoms with Crippen molar-refractivity contribution >= 4 is 22.9 Å². The number of halogens is 1. The number of benzene rings is 2. The Bertz CT molecular complexity index is 1170. The fourth-order valence-electron chi connectivity index (χ4n) is 4.94. The maximum atomic E-state index is 13.5. The quantitative estimate of drug-likeness (QED) is 0.272. The summed E-state index contributed by atoms with van der Waals surface area (Å²) >= 11 is 0. The van der Waals surface area contributed by atoms with Crippen LogP contribution in [0.25, 0.3) is 17.0 Å². The van der Waals surface area contributed by atoms with Gasteiger partial charge in [-0.2, -0.15) is 0 Å². The van der Waals surface area contributed by atoms with Crippen LogP contribution < -0.4 is 5.48 Å². The summed E-state index contributed by atoms with van der Waals surface area (Å²) in [6.07, 6.45) is 10.8. The number of fused-ring (bicyclic) bond motifs is 2. The number of carbonyl (C=O) groups is 1. The number of aromatic amines is 1. The molecule has 3 N–H and O–H groups in total. The summed E-state index contributed by atoms with van der Waals surface area (Å²) in [4.78, 5) is 17.1. The van der Waals surface area contributed by atoms with Crippen molar-refractivity contribution in [2.45, 2.75) is 38.1 Å². The fraction of sp³-hybridized carbons (Fsp3) is 0.346. The monoisotopic (exact) mass is 433 g/mol. The zero-order valence-electron chi connectivity index (χ0n) is 18.0. The normalized spacial score (nSPS) is 18.0. The summed E-state index contributed by atoms with van der Waals surface area (Å²) < 4.78 is 13.5. The molecule has 1 saturated carbocycles. The molecule has 1 unspecified atom stereocenters. The van der Waals surface area contributed by atoms with E-state index in [9.17, 15) is 9.18 Å². The summed E-state index contributed by atoms with van der Waals surface area (Å²) in [7, 11) is 0. The van der Waals surface area contributed by atoms with Crippen LogP contribution in [0, 0.1) is 11.7 Å². The van der Waals surface area contributed by atoms with Gasteiger partial charge in [-0.3, -0.25) is 14.9 Å². The van der Waals surface area contributed by atoms with Gasteiger partial charge in [-0.05, 0) is 84.6 Å². The number of hydroxylamine groups is 1. The van der Waals surface area contributed by atoms with E-state index in [1.54, 1.807) is 17.6 Å². The maximum Gasteiger partial charge on any atom is 0.267 e. The second-order valence-electron chi connectivity index (χ2n) is 9.01. The van der Waals surface area contributed by atoms with Gasteiger partial charge in [0.1, 0.15) is 5.82 Å². The Morgan fingerprint density at radius 2 is 2.09 bits per heavy atom. The summed E-state index contributed by atoms with van der Waals surface area (Å²) in [6.45, 7) is 2.10. The van der Waals surface area contributed by atoms with Crippen LogP contribution in [0.5, 0.6) is 0 Å². The van der Waals surface area contributed by atoms with Gasteiger partial charge in [-0.1, -0.05) is 18.2 Å². The van der Waals surface area contributed by atoms with Gasteiger partial charge in [0.05, 0.1) is 0 Å². The lowest BCUT2D eigenvalue weighted by atomic mass is 10.0. The minimum Gasteiger partial charge on any atom is -0.361 e. The largest absolute Gasteiger partial charge is 0.361 e. The highest BCUT2D eigenvalue weighted by molar-refractivity contribution is 5.90. The molecule has 3 aromatic rings. The number of aromatic nitrogens is 1. The summed E-state index contributed by atoms with van der Waals surface area (Å²) in [5.74, 6) is 0.0596. The van der Waals surface area contributed by atoms with E-state index in [1.165, 1.54) is 41.7 Å². The number of hydrogen-bond donors (Lipinski definition) is 3. The minimum absolute atomic E-state index is 0.213. The van der Waals surface area contributed by atoms with Gasteiger partial charge in [0, 0.05) is 42.3 Å². The molecule has 1 heterocycles. The van der Waals surface area contributed by atoms with Gasteiger partial charge in [0.2, 0.25) is 0 Å². The second-order valence-corrected chi connectivity index (χ2v) is 9.01. The fourth-order valence-corrected chi connectivity index (χ4v) is 4.94. The lowest BCUT2D eigenvalue weighted by Gasteiger charge is -2.30. The van der Waals surface area contributed by atoms with Crippen LogP contribution in [0.15, 0.2) is 48.7 Å². The molecular formula is C26H28FN3O2. The zero-order chi connectivity index (χ0) is 22.1. The number of nitrogens with one attached hydrogen (secondary N) is 2. The summed E-state index contributed by atoms with van der Waals surface area (Å²) in [6, 6.07) is 11.8. The highest BCUT2D eigenvalue weighted by Gasteiger charge is 2.32. The first-order valence-electron chi connectivity index (χ1n) is 11.4. The van der Waals surface area contributed by atoms with Gasteiger partial charge in [0.15, 0.2) is 0 Å². The summed E-state index contributed by atoms with van der Waals surface area (Å²) in [5.41, 5.74) is 7.40. The Labute approximate surface area is 186 Å². The Kier molecular flexibility index (Phi) is 5.81. The van der Waals surface area contributed by atoms with Crippen molar-refractivity contribution < 1.29 is 14.4 Å². The summed E-state index contributed by atoms with van der Waals surface area (Å²) in [5, 5.41) is 9.76. The van der Waals surface area contributed by atoms with Crippen molar-refractivity contribution in [2.24, 2.45) is 5.92 Å². The van der Waals surface area contributed by atoms with Crippen molar-refractivity contribution in [1.82, 2.24) is 15.4 Å².